The van der Waals surface area contributed by atoms with Crippen LogP contribution in [0.15, 0.2) is 27.4 Å². The van der Waals surface area contributed by atoms with Crippen molar-refractivity contribution in [2.45, 2.75) is 30.2 Å². The molecule has 0 radical (unpaired) electrons. The Kier molecular flexibility index (Phi) is 4.67. The Morgan fingerprint density at radius 2 is 1.85 bits per heavy atom. The van der Waals surface area contributed by atoms with Crippen LogP contribution in [0.25, 0.3) is 11.0 Å². The summed E-state index contributed by atoms with van der Waals surface area (Å²) < 4.78 is 9.97. The van der Waals surface area contributed by atoms with E-state index in [-0.39, 0.29) is 16.7 Å². The van der Waals surface area contributed by atoms with Gasteiger partial charge in [0.25, 0.3) is 0 Å². The van der Waals surface area contributed by atoms with Gasteiger partial charge in [0.1, 0.15) is 35.7 Å². The molecule has 1 aromatic carbocycles. The first-order chi connectivity index (χ1) is 12.6. The van der Waals surface area contributed by atoms with Crippen LogP contribution in [0.2, 0.25) is 0 Å². The first-order valence-electron chi connectivity index (χ1n) is 7.70. The third kappa shape index (κ3) is 2.86. The van der Waals surface area contributed by atoms with Crippen LogP contribution in [0.5, 0.6) is 5.75 Å². The van der Waals surface area contributed by atoms with Gasteiger partial charge in [0, 0.05) is 17.0 Å². The van der Waals surface area contributed by atoms with E-state index in [0.29, 0.717) is 0 Å². The summed E-state index contributed by atoms with van der Waals surface area (Å²) in [5.74, 6) is -5.15. The molecule has 27 heavy (non-hydrogen) atoms. The maximum absolute atomic E-state index is 12.2. The van der Waals surface area contributed by atoms with Crippen LogP contribution < -0.4 is 5.63 Å². The van der Waals surface area contributed by atoms with E-state index in [1.807, 2.05) is 0 Å². The number of aromatic hydroxyl groups is 1. The van der Waals surface area contributed by atoms with E-state index in [1.165, 1.54) is 0 Å². The molecule has 0 spiro atoms. The standard InChI is InChI=1S/C16H16O11/c17-4-8-11(19)12(20)13(21)16(25,27-8)10-6-2-1-5(18)3-7(6)26-15(24)9(10)14(22)23/h1-3,8,11-13,17-21,25H,4H2,(H,22,23)/t8-,11+,12+,13-,16-/m1/s1. The average Bonchev–Trinajstić information content (AvgIpc) is 2.61. The topological polar surface area (TPSA) is 198 Å². The maximum atomic E-state index is 12.2. The van der Waals surface area contributed by atoms with Crippen molar-refractivity contribution in [3.8, 4) is 5.75 Å². The highest BCUT2D eigenvalue weighted by molar-refractivity contribution is 5.96. The fourth-order valence-electron chi connectivity index (χ4n) is 3.12. The van der Waals surface area contributed by atoms with Gasteiger partial charge in [-0.15, -0.1) is 0 Å². The number of phenols is 1. The molecule has 0 amide bonds. The summed E-state index contributed by atoms with van der Waals surface area (Å²) in [5.41, 5.74) is -3.58. The molecule has 1 saturated heterocycles. The molecule has 1 aliphatic heterocycles. The van der Waals surface area contributed by atoms with Crippen molar-refractivity contribution in [2.24, 2.45) is 0 Å². The average molecular weight is 384 g/mol. The fraction of sp³-hybridized carbons (Fsp3) is 0.375. The molecule has 1 aromatic heterocycles. The van der Waals surface area contributed by atoms with E-state index in [4.69, 9.17) is 9.15 Å². The van der Waals surface area contributed by atoms with Gasteiger partial charge in [-0.2, -0.15) is 0 Å². The molecule has 2 heterocycles. The number of fused-ring (bicyclic) bond motifs is 1. The second-order valence-electron chi connectivity index (χ2n) is 6.09. The molecule has 2 aromatic rings. The zero-order chi connectivity index (χ0) is 20.1. The lowest BCUT2D eigenvalue weighted by Crippen LogP contribution is -2.64. The van der Waals surface area contributed by atoms with Gasteiger partial charge in [-0.3, -0.25) is 0 Å². The van der Waals surface area contributed by atoms with Gasteiger partial charge in [-0.1, -0.05) is 0 Å². The molecule has 1 fully saturated rings. The van der Waals surface area contributed by atoms with E-state index in [0.717, 1.165) is 18.2 Å². The number of carbonyl (C=O) groups is 1. The number of carboxylic acid groups (broad SMARTS) is 1. The van der Waals surface area contributed by atoms with Crippen LogP contribution >= 0.6 is 0 Å². The minimum atomic E-state index is -3.00. The second kappa shape index (κ2) is 6.56. The number of ether oxygens (including phenoxy) is 1. The monoisotopic (exact) mass is 384 g/mol. The van der Waals surface area contributed by atoms with Gasteiger partial charge in [0.05, 0.1) is 6.61 Å². The quantitative estimate of drug-likeness (QED) is 0.284. The predicted octanol–water partition coefficient (Wildman–Crippen LogP) is -2.18. The number of aliphatic hydroxyl groups excluding tert-OH is 4. The van der Waals surface area contributed by atoms with Gasteiger partial charge >= 0.3 is 11.6 Å². The summed E-state index contributed by atoms with van der Waals surface area (Å²) in [7, 11) is 0. The summed E-state index contributed by atoms with van der Waals surface area (Å²) in [6.07, 6.45) is -7.72. The summed E-state index contributed by atoms with van der Waals surface area (Å²) in [6, 6.07) is 3.18. The van der Waals surface area contributed by atoms with Crippen LogP contribution in [0.1, 0.15) is 15.9 Å². The van der Waals surface area contributed by atoms with Crippen LogP contribution in [0.4, 0.5) is 0 Å². The Bertz CT molecular complexity index is 949. The van der Waals surface area contributed by atoms with Crippen molar-refractivity contribution >= 4 is 16.9 Å². The largest absolute Gasteiger partial charge is 0.508 e. The number of hydrogen-bond donors (Lipinski definition) is 7. The summed E-state index contributed by atoms with van der Waals surface area (Å²) in [6.45, 7) is -0.893. The highest BCUT2D eigenvalue weighted by atomic mass is 16.7. The van der Waals surface area contributed by atoms with Crippen molar-refractivity contribution in [3.05, 3.63) is 39.7 Å². The minimum absolute atomic E-state index is 0.216. The van der Waals surface area contributed by atoms with E-state index in [2.05, 4.69) is 0 Å². The maximum Gasteiger partial charge on any atom is 0.351 e. The molecule has 7 N–H and O–H groups in total. The van der Waals surface area contributed by atoms with E-state index in [9.17, 15) is 45.3 Å². The molecule has 0 saturated carbocycles. The van der Waals surface area contributed by atoms with Crippen LogP contribution in [-0.4, -0.2) is 72.7 Å². The Labute approximate surface area is 149 Å². The lowest BCUT2D eigenvalue weighted by atomic mass is 9.85. The molecule has 146 valence electrons. The molecular formula is C16H16O11. The Morgan fingerprint density at radius 3 is 2.44 bits per heavy atom. The molecule has 5 atom stereocenters. The smallest absolute Gasteiger partial charge is 0.351 e. The number of phenolic OH excluding ortho intramolecular Hbond substituents is 1. The molecule has 11 nitrogen and oxygen atoms in total. The van der Waals surface area contributed by atoms with Crippen LogP contribution in [0.3, 0.4) is 0 Å². The summed E-state index contributed by atoms with van der Waals surface area (Å²) >= 11 is 0. The number of carboxylic acids is 1. The Morgan fingerprint density at radius 1 is 1.19 bits per heavy atom. The fourth-order valence-corrected chi connectivity index (χ4v) is 3.12. The molecule has 3 rings (SSSR count). The van der Waals surface area contributed by atoms with Crippen molar-refractivity contribution in [2.75, 3.05) is 6.61 Å². The molecular weight excluding hydrogens is 368 g/mol. The third-order valence-electron chi connectivity index (χ3n) is 4.43. The van der Waals surface area contributed by atoms with E-state index < -0.39 is 59.5 Å². The number of hydrogen-bond acceptors (Lipinski definition) is 10. The molecule has 0 bridgehead atoms. The number of aromatic carboxylic acids is 1. The molecule has 0 unspecified atom stereocenters. The number of aliphatic hydroxyl groups is 5. The molecule has 11 heteroatoms. The van der Waals surface area contributed by atoms with Crippen LogP contribution in [0, 0.1) is 0 Å². The first kappa shape index (κ1) is 19.2. The SMILES string of the molecule is O=C(O)c1c([C@@]2(O)O[C@H](CO)[C@H](O)[C@H](O)[C@H]2O)c2ccc(O)cc2oc1=O. The number of benzene rings is 1. The van der Waals surface area contributed by atoms with E-state index >= 15 is 0 Å². The Balaban J connectivity index is 2.39. The third-order valence-corrected chi connectivity index (χ3v) is 4.43. The highest BCUT2D eigenvalue weighted by Crippen LogP contribution is 2.41. The van der Waals surface area contributed by atoms with Crippen LogP contribution in [-0.2, 0) is 10.5 Å². The normalized spacial score (nSPS) is 31.1. The van der Waals surface area contributed by atoms with Gasteiger partial charge in [0.15, 0.2) is 5.56 Å². The summed E-state index contributed by atoms with van der Waals surface area (Å²) in [5, 5.41) is 69.2. The molecule has 0 aliphatic carbocycles. The zero-order valence-electron chi connectivity index (χ0n) is 13.5. The second-order valence-corrected chi connectivity index (χ2v) is 6.09. The van der Waals surface area contributed by atoms with Crippen molar-refractivity contribution in [1.29, 1.82) is 0 Å². The predicted molar refractivity (Wildman–Crippen MR) is 85.0 cm³/mol. The highest BCUT2D eigenvalue weighted by Gasteiger charge is 2.56. The van der Waals surface area contributed by atoms with Crippen molar-refractivity contribution in [3.63, 3.8) is 0 Å². The lowest BCUT2D eigenvalue weighted by Gasteiger charge is -2.45. The van der Waals surface area contributed by atoms with Gasteiger partial charge in [-0.25, -0.2) is 9.59 Å². The van der Waals surface area contributed by atoms with Crippen molar-refractivity contribution in [1.82, 2.24) is 0 Å². The van der Waals surface area contributed by atoms with Gasteiger partial charge < -0.3 is 44.9 Å². The zero-order valence-corrected chi connectivity index (χ0v) is 13.5. The van der Waals surface area contributed by atoms with E-state index in [1.54, 1.807) is 0 Å². The van der Waals surface area contributed by atoms with Gasteiger partial charge in [0.2, 0.25) is 5.79 Å². The Hall–Kier alpha value is -2.54. The summed E-state index contributed by atoms with van der Waals surface area (Å²) in [4.78, 5) is 23.8. The lowest BCUT2D eigenvalue weighted by molar-refractivity contribution is -0.357. The van der Waals surface area contributed by atoms with Crippen molar-refractivity contribution < 1.29 is 49.7 Å². The molecule has 1 aliphatic rings. The van der Waals surface area contributed by atoms with Gasteiger partial charge in [-0.05, 0) is 12.1 Å². The minimum Gasteiger partial charge on any atom is -0.508 e. The number of rotatable bonds is 3. The first-order valence-corrected chi connectivity index (χ1v) is 7.70.